The van der Waals surface area contributed by atoms with Crippen LogP contribution in [0.5, 0.6) is 5.75 Å². The van der Waals surface area contributed by atoms with Gasteiger partial charge in [0.05, 0.1) is 11.9 Å². The molecule has 0 radical (unpaired) electrons. The molecule has 0 aliphatic heterocycles. The summed E-state index contributed by atoms with van der Waals surface area (Å²) in [5.41, 5.74) is 3.05. The number of pyridine rings is 1. The monoisotopic (exact) mass is 417 g/mol. The predicted octanol–water partition coefficient (Wildman–Crippen LogP) is 7.11. The van der Waals surface area contributed by atoms with Crippen molar-refractivity contribution >= 4 is 24.8 Å². The van der Waals surface area contributed by atoms with Crippen molar-refractivity contribution in [3.05, 3.63) is 65.6 Å². The zero-order chi connectivity index (χ0) is 20.2. The Hall–Kier alpha value is -1.84. The Bertz CT molecular complexity index is 764. The first-order valence-corrected chi connectivity index (χ1v) is 12.1. The Labute approximate surface area is 174 Å². The average molecular weight is 418 g/mol. The van der Waals surface area contributed by atoms with Gasteiger partial charge in [-0.1, -0.05) is 57.0 Å². The van der Waals surface area contributed by atoms with Gasteiger partial charge >= 0.3 is 8.18 Å². The minimum absolute atomic E-state index is 0.509. The summed E-state index contributed by atoms with van der Waals surface area (Å²) in [7, 11) is -2.08. The van der Waals surface area contributed by atoms with Gasteiger partial charge in [-0.2, -0.15) is 0 Å². The largest absolute Gasteiger partial charge is 0.694 e. The predicted molar refractivity (Wildman–Crippen MR) is 121 cm³/mol. The maximum Gasteiger partial charge on any atom is 0.694 e. The molecule has 1 aromatic carbocycles. The minimum Gasteiger partial charge on any atom is -0.258 e. The molecule has 1 atom stereocenters. The summed E-state index contributed by atoms with van der Waals surface area (Å²) in [5, 5.41) is 3.16. The molecule has 0 bridgehead atoms. The van der Waals surface area contributed by atoms with E-state index in [-0.39, 0.29) is 0 Å². The van der Waals surface area contributed by atoms with Crippen molar-refractivity contribution in [2.75, 3.05) is 5.75 Å². The van der Waals surface area contributed by atoms with Crippen LogP contribution in [-0.4, -0.2) is 10.7 Å². The third kappa shape index (κ3) is 7.65. The molecule has 28 heavy (non-hydrogen) atoms. The summed E-state index contributed by atoms with van der Waals surface area (Å²) in [6.07, 6.45) is 6.89. The fourth-order valence-electron chi connectivity index (χ4n) is 2.65. The first-order valence-electron chi connectivity index (χ1n) is 9.90. The third-order valence-corrected chi connectivity index (χ3v) is 6.30. The Morgan fingerprint density at radius 2 is 1.89 bits per heavy atom. The summed E-state index contributed by atoms with van der Waals surface area (Å²) < 4.78 is 18.3. The van der Waals surface area contributed by atoms with Gasteiger partial charge in [0.15, 0.2) is 0 Å². The molecule has 0 saturated carbocycles. The van der Waals surface area contributed by atoms with E-state index in [0.29, 0.717) is 5.75 Å². The molecule has 0 amide bonds. The van der Waals surface area contributed by atoms with E-state index in [0.717, 1.165) is 59.7 Å². The number of unbranched alkanes of at least 4 members (excludes halogenated alkanes) is 2. The van der Waals surface area contributed by atoms with Crippen molar-refractivity contribution in [2.45, 2.75) is 52.9 Å². The summed E-state index contributed by atoms with van der Waals surface area (Å²) >= 11 is 1.81. The quantitative estimate of drug-likeness (QED) is 0.295. The normalized spacial score (nSPS) is 12.3. The topological polar surface area (TPSA) is 51.2 Å². The molecule has 1 heterocycles. The Balaban J connectivity index is 2.24. The van der Waals surface area contributed by atoms with Crippen LogP contribution in [0.15, 0.2) is 54.4 Å². The number of thioether (sulfide) groups is 1. The number of nitrogens with one attached hydrogen (secondary N) is 1. The van der Waals surface area contributed by atoms with Crippen LogP contribution in [0.4, 0.5) is 0 Å². The van der Waals surface area contributed by atoms with Crippen molar-refractivity contribution in [3.63, 3.8) is 0 Å². The number of rotatable bonds is 12. The summed E-state index contributed by atoms with van der Waals surface area (Å²) in [5.74, 6) is 1.53. The lowest BCUT2D eigenvalue weighted by molar-refractivity contribution is 0.494. The van der Waals surface area contributed by atoms with E-state index in [1.54, 1.807) is 12.3 Å². The van der Waals surface area contributed by atoms with Crippen molar-refractivity contribution in [1.29, 1.82) is 0 Å². The van der Waals surface area contributed by atoms with Crippen LogP contribution in [0, 0.1) is 6.92 Å². The number of allylic oxidation sites excluding steroid dienone is 1. The Morgan fingerprint density at radius 3 is 2.54 bits per heavy atom. The number of nitrogens with zero attached hydrogens (tertiary/aromatic N) is 1. The standard InChI is InChI=1S/C22H30N2O2PS/c1-4-6-8-13-21(22(28-16-5-2)19-11-9-7-10-12-19)24-27(25)26-20-15-14-18(3)23-17-20/h7,9-12,14-15,17H,4-6,8,13,16H2,1-3H3,(H,24,25)/q+1/b22-21-. The molecule has 0 spiro atoms. The van der Waals surface area contributed by atoms with Crippen molar-refractivity contribution in [3.8, 4) is 5.75 Å². The average Bonchev–Trinajstić information content (AvgIpc) is 2.71. The summed E-state index contributed by atoms with van der Waals surface area (Å²) in [6, 6.07) is 14.0. The van der Waals surface area contributed by atoms with E-state index in [2.05, 4.69) is 36.1 Å². The zero-order valence-electron chi connectivity index (χ0n) is 17.0. The molecule has 6 heteroatoms. The van der Waals surface area contributed by atoms with Gasteiger partial charge in [0, 0.05) is 15.2 Å². The van der Waals surface area contributed by atoms with Crippen molar-refractivity contribution in [2.24, 2.45) is 0 Å². The molecule has 0 aliphatic carbocycles. The van der Waals surface area contributed by atoms with Gasteiger partial charge in [0.1, 0.15) is 0 Å². The van der Waals surface area contributed by atoms with Gasteiger partial charge in [-0.25, -0.2) is 4.52 Å². The second-order valence-corrected chi connectivity index (χ2v) is 8.60. The van der Waals surface area contributed by atoms with Crippen molar-refractivity contribution < 1.29 is 9.09 Å². The van der Waals surface area contributed by atoms with Gasteiger partial charge in [-0.3, -0.25) is 4.98 Å². The van der Waals surface area contributed by atoms with Gasteiger partial charge in [0.2, 0.25) is 5.75 Å². The van der Waals surface area contributed by atoms with Gasteiger partial charge in [-0.15, -0.1) is 16.8 Å². The van der Waals surface area contributed by atoms with Crippen molar-refractivity contribution in [1.82, 2.24) is 10.1 Å². The van der Waals surface area contributed by atoms with E-state index in [9.17, 15) is 4.57 Å². The fraction of sp³-hybridized carbons (Fsp3) is 0.409. The molecule has 4 nitrogen and oxygen atoms in total. The van der Waals surface area contributed by atoms with Gasteiger partial charge < -0.3 is 0 Å². The smallest absolute Gasteiger partial charge is 0.258 e. The van der Waals surface area contributed by atoms with Crippen LogP contribution in [0.2, 0.25) is 0 Å². The summed E-state index contributed by atoms with van der Waals surface area (Å²) in [4.78, 5) is 5.36. The van der Waals surface area contributed by atoms with E-state index < -0.39 is 8.18 Å². The highest BCUT2D eigenvalue weighted by Crippen LogP contribution is 2.35. The van der Waals surface area contributed by atoms with Crippen LogP contribution < -0.4 is 9.61 Å². The first kappa shape index (κ1) is 22.4. The molecule has 0 fully saturated rings. The van der Waals surface area contributed by atoms with Crippen LogP contribution >= 0.6 is 19.9 Å². The van der Waals surface area contributed by atoms with E-state index >= 15 is 0 Å². The fourth-order valence-corrected chi connectivity index (χ4v) is 4.55. The molecule has 150 valence electrons. The van der Waals surface area contributed by atoms with E-state index in [4.69, 9.17) is 4.52 Å². The number of hydrogen-bond acceptors (Lipinski definition) is 4. The molecule has 2 aromatic rings. The highest BCUT2D eigenvalue weighted by atomic mass is 32.2. The Morgan fingerprint density at radius 1 is 1.11 bits per heavy atom. The minimum atomic E-state index is -2.08. The summed E-state index contributed by atoms with van der Waals surface area (Å²) in [6.45, 7) is 6.27. The lowest BCUT2D eigenvalue weighted by atomic mass is 10.1. The lowest BCUT2D eigenvalue weighted by Gasteiger charge is -2.13. The zero-order valence-corrected chi connectivity index (χ0v) is 18.7. The highest BCUT2D eigenvalue weighted by molar-refractivity contribution is 8.08. The van der Waals surface area contributed by atoms with E-state index in [1.165, 1.54) is 0 Å². The SMILES string of the molecule is CCCCC/C(N[P+](=O)Oc1ccc(C)nc1)=C(/SCCC)c1ccccc1. The molecular formula is C22H30N2O2PS+. The second kappa shape index (κ2) is 12.6. The first-order chi connectivity index (χ1) is 13.6. The maximum atomic E-state index is 12.7. The number of benzene rings is 1. The molecule has 1 aromatic heterocycles. The number of hydrogen-bond donors (Lipinski definition) is 1. The molecule has 2 rings (SSSR count). The third-order valence-electron chi connectivity index (χ3n) is 4.09. The molecule has 0 aliphatic rings. The van der Waals surface area contributed by atoms with Crippen LogP contribution in [-0.2, 0) is 4.57 Å². The highest BCUT2D eigenvalue weighted by Gasteiger charge is 2.24. The Kier molecular flexibility index (Phi) is 10.1. The number of aromatic nitrogens is 1. The lowest BCUT2D eigenvalue weighted by Crippen LogP contribution is -2.09. The number of aryl methyl sites for hydroxylation is 1. The molecule has 1 N–H and O–H groups in total. The second-order valence-electron chi connectivity index (χ2n) is 6.57. The van der Waals surface area contributed by atoms with Gasteiger partial charge in [-0.05, 0) is 49.6 Å². The molecule has 1 unspecified atom stereocenters. The van der Waals surface area contributed by atoms with Crippen LogP contribution in [0.1, 0.15) is 57.2 Å². The van der Waals surface area contributed by atoms with Gasteiger partial charge in [0.25, 0.3) is 0 Å². The van der Waals surface area contributed by atoms with E-state index in [1.807, 2.05) is 43.0 Å². The molecule has 0 saturated heterocycles. The maximum absolute atomic E-state index is 12.7. The molecular weight excluding hydrogens is 387 g/mol. The van der Waals surface area contributed by atoms with Crippen LogP contribution in [0.25, 0.3) is 4.91 Å². The van der Waals surface area contributed by atoms with Crippen LogP contribution in [0.3, 0.4) is 0 Å².